The van der Waals surface area contributed by atoms with E-state index in [-0.39, 0.29) is 0 Å². The summed E-state index contributed by atoms with van der Waals surface area (Å²) in [5.41, 5.74) is 4.09. The summed E-state index contributed by atoms with van der Waals surface area (Å²) in [6, 6.07) is 8.03. The van der Waals surface area contributed by atoms with Crippen LogP contribution in [0.5, 0.6) is 5.75 Å². The molecule has 2 N–H and O–H groups in total. The molecule has 30 heavy (non-hydrogen) atoms. The molecule has 8 heteroatoms. The van der Waals surface area contributed by atoms with Gasteiger partial charge in [0.1, 0.15) is 23.7 Å². The SMILES string of the molecule is CCNc1ccc(-c2cc(NCC(CSC)c3ccnc4c3OCC4)ncn2)cn1. The summed E-state index contributed by atoms with van der Waals surface area (Å²) in [4.78, 5) is 17.7. The number of ether oxygens (including phenoxy) is 1. The van der Waals surface area contributed by atoms with E-state index in [0.717, 1.165) is 59.6 Å². The number of aromatic nitrogens is 4. The van der Waals surface area contributed by atoms with Crippen molar-refractivity contribution in [3.8, 4) is 17.0 Å². The molecule has 0 amide bonds. The van der Waals surface area contributed by atoms with E-state index in [4.69, 9.17) is 4.74 Å². The van der Waals surface area contributed by atoms with Crippen LogP contribution in [0.3, 0.4) is 0 Å². The van der Waals surface area contributed by atoms with Crippen molar-refractivity contribution in [3.63, 3.8) is 0 Å². The zero-order chi connectivity index (χ0) is 20.8. The molecule has 156 valence electrons. The highest BCUT2D eigenvalue weighted by molar-refractivity contribution is 7.98. The van der Waals surface area contributed by atoms with Gasteiger partial charge in [-0.2, -0.15) is 11.8 Å². The molecule has 1 aliphatic heterocycles. The molecule has 3 aromatic heterocycles. The Labute approximate surface area is 181 Å². The second-order valence-corrected chi connectivity index (χ2v) is 7.97. The smallest absolute Gasteiger partial charge is 0.144 e. The van der Waals surface area contributed by atoms with Crippen molar-refractivity contribution in [3.05, 3.63) is 54.2 Å². The summed E-state index contributed by atoms with van der Waals surface area (Å²) in [7, 11) is 0. The highest BCUT2D eigenvalue weighted by atomic mass is 32.2. The van der Waals surface area contributed by atoms with Gasteiger partial charge in [0.05, 0.1) is 18.0 Å². The zero-order valence-electron chi connectivity index (χ0n) is 17.3. The Bertz CT molecular complexity index is 982. The van der Waals surface area contributed by atoms with E-state index in [9.17, 15) is 0 Å². The number of hydrogen-bond donors (Lipinski definition) is 2. The van der Waals surface area contributed by atoms with Gasteiger partial charge >= 0.3 is 0 Å². The van der Waals surface area contributed by atoms with Gasteiger partial charge in [0, 0.05) is 60.8 Å². The Morgan fingerprint density at radius 2 is 2.03 bits per heavy atom. The lowest BCUT2D eigenvalue weighted by Gasteiger charge is -2.19. The maximum absolute atomic E-state index is 5.88. The Morgan fingerprint density at radius 3 is 2.83 bits per heavy atom. The van der Waals surface area contributed by atoms with Crippen LogP contribution in [0, 0.1) is 0 Å². The van der Waals surface area contributed by atoms with Crippen LogP contribution in [0.25, 0.3) is 11.3 Å². The van der Waals surface area contributed by atoms with Crippen LogP contribution in [0.1, 0.15) is 24.1 Å². The minimum absolute atomic E-state index is 0.300. The quantitative estimate of drug-likeness (QED) is 0.538. The fraction of sp³-hybridized carbons (Fsp3) is 0.364. The Hall–Kier alpha value is -2.87. The van der Waals surface area contributed by atoms with Gasteiger partial charge < -0.3 is 15.4 Å². The second kappa shape index (κ2) is 9.75. The van der Waals surface area contributed by atoms with Gasteiger partial charge in [-0.1, -0.05) is 0 Å². The first-order valence-electron chi connectivity index (χ1n) is 10.1. The van der Waals surface area contributed by atoms with E-state index >= 15 is 0 Å². The molecule has 0 fully saturated rings. The molecule has 0 spiro atoms. The van der Waals surface area contributed by atoms with Crippen LogP contribution < -0.4 is 15.4 Å². The zero-order valence-corrected chi connectivity index (χ0v) is 18.1. The van der Waals surface area contributed by atoms with Gasteiger partial charge in [-0.05, 0) is 31.4 Å². The third-order valence-electron chi connectivity index (χ3n) is 5.02. The number of fused-ring (bicyclic) bond motifs is 1. The molecule has 0 bridgehead atoms. The lowest BCUT2D eigenvalue weighted by Crippen LogP contribution is -2.16. The van der Waals surface area contributed by atoms with E-state index in [1.165, 1.54) is 5.56 Å². The van der Waals surface area contributed by atoms with Crippen molar-refractivity contribution in [2.24, 2.45) is 0 Å². The maximum atomic E-state index is 5.88. The maximum Gasteiger partial charge on any atom is 0.144 e. The average Bonchev–Trinajstić information content (AvgIpc) is 3.27. The first-order valence-corrected chi connectivity index (χ1v) is 11.5. The number of thioether (sulfide) groups is 1. The monoisotopic (exact) mass is 422 g/mol. The fourth-order valence-electron chi connectivity index (χ4n) is 3.55. The Balaban J connectivity index is 1.48. The lowest BCUT2D eigenvalue weighted by atomic mass is 10.00. The number of nitrogens with one attached hydrogen (secondary N) is 2. The molecule has 0 saturated heterocycles. The predicted molar refractivity (Wildman–Crippen MR) is 122 cm³/mol. The third kappa shape index (κ3) is 4.64. The molecule has 1 atom stereocenters. The van der Waals surface area contributed by atoms with Crippen LogP contribution in [0.15, 0.2) is 43.0 Å². The van der Waals surface area contributed by atoms with Crippen LogP contribution in [-0.4, -0.2) is 51.6 Å². The average molecular weight is 423 g/mol. The van der Waals surface area contributed by atoms with E-state index in [1.54, 1.807) is 6.33 Å². The van der Waals surface area contributed by atoms with Crippen molar-refractivity contribution >= 4 is 23.4 Å². The number of hydrogen-bond acceptors (Lipinski definition) is 8. The normalized spacial score (nSPS) is 13.4. The summed E-state index contributed by atoms with van der Waals surface area (Å²) in [6.07, 6.45) is 8.33. The van der Waals surface area contributed by atoms with Gasteiger partial charge in [0.15, 0.2) is 0 Å². The van der Waals surface area contributed by atoms with E-state index in [2.05, 4.69) is 49.8 Å². The summed E-state index contributed by atoms with van der Waals surface area (Å²) < 4.78 is 5.88. The summed E-state index contributed by atoms with van der Waals surface area (Å²) >= 11 is 1.83. The lowest BCUT2D eigenvalue weighted by molar-refractivity contribution is 0.352. The van der Waals surface area contributed by atoms with Gasteiger partial charge in [0.25, 0.3) is 0 Å². The van der Waals surface area contributed by atoms with E-state index in [0.29, 0.717) is 12.5 Å². The predicted octanol–water partition coefficient (Wildman–Crippen LogP) is 3.86. The molecule has 0 aliphatic carbocycles. The van der Waals surface area contributed by atoms with Crippen LogP contribution in [0.2, 0.25) is 0 Å². The van der Waals surface area contributed by atoms with E-state index < -0.39 is 0 Å². The van der Waals surface area contributed by atoms with Crippen LogP contribution >= 0.6 is 11.8 Å². The van der Waals surface area contributed by atoms with Crippen molar-refractivity contribution in [1.82, 2.24) is 19.9 Å². The van der Waals surface area contributed by atoms with Gasteiger partial charge in [0.2, 0.25) is 0 Å². The largest absolute Gasteiger partial charge is 0.491 e. The molecule has 0 radical (unpaired) electrons. The molecular weight excluding hydrogens is 396 g/mol. The van der Waals surface area contributed by atoms with Crippen molar-refractivity contribution < 1.29 is 4.74 Å². The van der Waals surface area contributed by atoms with Gasteiger partial charge in [-0.15, -0.1) is 0 Å². The Kier molecular flexibility index (Phi) is 6.63. The van der Waals surface area contributed by atoms with Crippen LogP contribution in [-0.2, 0) is 6.42 Å². The molecule has 7 nitrogen and oxygen atoms in total. The summed E-state index contributed by atoms with van der Waals surface area (Å²) in [5.74, 6) is 3.91. The van der Waals surface area contributed by atoms with Crippen LogP contribution in [0.4, 0.5) is 11.6 Å². The van der Waals surface area contributed by atoms with Crippen molar-refractivity contribution in [2.75, 3.05) is 42.3 Å². The minimum Gasteiger partial charge on any atom is -0.491 e. The molecule has 0 saturated carbocycles. The minimum atomic E-state index is 0.300. The Morgan fingerprint density at radius 1 is 1.10 bits per heavy atom. The standard InChI is InChI=1S/C22H26N6OS/c1-3-23-20-5-4-15(11-25-20)19-10-21(28-14-27-19)26-12-16(13-30-2)17-6-8-24-18-7-9-29-22(17)18/h4-6,8,10-11,14,16H,3,7,9,12-13H2,1-2H3,(H,23,25)(H,26,27,28). The molecule has 1 aliphatic rings. The second-order valence-electron chi connectivity index (χ2n) is 7.06. The first-order chi connectivity index (χ1) is 14.8. The molecule has 3 aromatic rings. The van der Waals surface area contributed by atoms with E-state index in [1.807, 2.05) is 42.4 Å². The number of rotatable bonds is 9. The topological polar surface area (TPSA) is 84.9 Å². The number of anilines is 2. The molecule has 4 rings (SSSR count). The highest BCUT2D eigenvalue weighted by Gasteiger charge is 2.23. The fourth-order valence-corrected chi connectivity index (χ4v) is 4.25. The molecule has 4 heterocycles. The highest BCUT2D eigenvalue weighted by Crippen LogP contribution is 2.34. The summed E-state index contributed by atoms with van der Waals surface area (Å²) in [6.45, 7) is 4.37. The van der Waals surface area contributed by atoms with Crippen molar-refractivity contribution in [1.29, 1.82) is 0 Å². The van der Waals surface area contributed by atoms with Crippen molar-refractivity contribution in [2.45, 2.75) is 19.3 Å². The third-order valence-corrected chi connectivity index (χ3v) is 5.75. The molecule has 0 aromatic carbocycles. The number of pyridine rings is 2. The number of nitrogens with zero attached hydrogens (tertiary/aromatic N) is 4. The van der Waals surface area contributed by atoms with Gasteiger partial charge in [-0.25, -0.2) is 15.0 Å². The summed E-state index contributed by atoms with van der Waals surface area (Å²) in [5, 5.41) is 6.69. The van der Waals surface area contributed by atoms with Gasteiger partial charge in [-0.3, -0.25) is 4.98 Å². The molecular formula is C22H26N6OS. The molecule has 1 unspecified atom stereocenters. The first kappa shape index (κ1) is 20.4.